The molecule has 2 rings (SSSR count). The van der Waals surface area contributed by atoms with Gasteiger partial charge in [-0.3, -0.25) is 4.79 Å². The number of halogens is 1. The van der Waals surface area contributed by atoms with Crippen LogP contribution in [0.5, 0.6) is 0 Å². The maximum Gasteiger partial charge on any atom is 0.245 e. The highest BCUT2D eigenvalue weighted by molar-refractivity contribution is 14.1. The fourth-order valence-electron chi connectivity index (χ4n) is 0.933. The number of carbonyl (C=O) groups is 1. The maximum absolute atomic E-state index is 11.7. The first kappa shape index (κ1) is 9.71. The third-order valence-electron chi connectivity index (χ3n) is 1.54. The molecule has 0 unspecified atom stereocenters. The largest absolute Gasteiger partial charge is 0.285 e. The van der Waals surface area contributed by atoms with Gasteiger partial charge in [0, 0.05) is 10.9 Å². The van der Waals surface area contributed by atoms with Crippen LogP contribution < -0.4 is 0 Å². The summed E-state index contributed by atoms with van der Waals surface area (Å²) < 4.78 is 1.06. The Labute approximate surface area is 97.3 Å². The molecule has 0 atom stereocenters. The summed E-state index contributed by atoms with van der Waals surface area (Å²) in [6.45, 7) is 0. The van der Waals surface area contributed by atoms with Gasteiger partial charge in [-0.2, -0.15) is 4.80 Å². The molecule has 0 N–H and O–H groups in total. The minimum Gasteiger partial charge on any atom is -0.285 e. The van der Waals surface area contributed by atoms with Crippen molar-refractivity contribution in [1.82, 2.24) is 20.2 Å². The van der Waals surface area contributed by atoms with Gasteiger partial charge in [-0.25, -0.2) is 0 Å². The van der Waals surface area contributed by atoms with Gasteiger partial charge in [-0.05, 0) is 33.9 Å². The van der Waals surface area contributed by atoms with E-state index in [1.165, 1.54) is 16.1 Å². The van der Waals surface area contributed by atoms with Gasteiger partial charge in [0.15, 0.2) is 0 Å². The van der Waals surface area contributed by atoms with Crippen molar-refractivity contribution in [2.45, 2.75) is 0 Å². The molecule has 0 spiro atoms. The first-order chi connectivity index (χ1) is 6.66. The molecule has 7 heteroatoms. The molecule has 2 aromatic rings. The fourth-order valence-corrected chi connectivity index (χ4v) is 2.26. The molecule has 0 aliphatic carbocycles. The molecule has 2 heterocycles. The molecule has 0 fully saturated rings. The second-order valence-corrected chi connectivity index (χ2v) is 5.38. The maximum atomic E-state index is 11.7. The summed E-state index contributed by atoms with van der Waals surface area (Å²) in [4.78, 5) is 13.0. The Balaban J connectivity index is 2.33. The molecule has 0 aromatic carbocycles. The highest BCUT2D eigenvalue weighted by Crippen LogP contribution is 2.18. The van der Waals surface area contributed by atoms with Gasteiger partial charge < -0.3 is 0 Å². The number of thiophene rings is 1. The van der Waals surface area contributed by atoms with Crippen LogP contribution in [0, 0.1) is 2.88 Å². The van der Waals surface area contributed by atoms with Gasteiger partial charge in [-0.1, -0.05) is 0 Å². The van der Waals surface area contributed by atoms with Crippen LogP contribution in [0.4, 0.5) is 0 Å². The van der Waals surface area contributed by atoms with E-state index >= 15 is 0 Å². The highest BCUT2D eigenvalue weighted by Gasteiger charge is 2.15. The normalized spacial score (nSPS) is 10.4. The van der Waals surface area contributed by atoms with Gasteiger partial charge in [0.1, 0.15) is 0 Å². The summed E-state index contributed by atoms with van der Waals surface area (Å²) in [5.74, 6) is -0.0426. The van der Waals surface area contributed by atoms with Gasteiger partial charge in [-0.15, -0.1) is 21.5 Å². The molecule has 0 aliphatic heterocycles. The van der Waals surface area contributed by atoms with Crippen molar-refractivity contribution in [3.05, 3.63) is 25.7 Å². The minimum atomic E-state index is -0.183. The van der Waals surface area contributed by atoms with Gasteiger partial charge in [0.2, 0.25) is 11.6 Å². The Morgan fingerprint density at radius 3 is 2.93 bits per heavy atom. The number of nitrogens with zero attached hydrogens (tertiary/aromatic N) is 4. The Hall–Kier alpha value is -0.830. The number of aromatic nitrogens is 4. The summed E-state index contributed by atoms with van der Waals surface area (Å²) in [5, 5.41) is 12.9. The quantitative estimate of drug-likeness (QED) is 0.614. The average Bonchev–Trinajstić information content (AvgIpc) is 2.73. The highest BCUT2D eigenvalue weighted by atomic mass is 127. The van der Waals surface area contributed by atoms with Crippen LogP contribution in [0.15, 0.2) is 11.4 Å². The first-order valence-electron chi connectivity index (χ1n) is 3.69. The smallest absolute Gasteiger partial charge is 0.245 e. The molecule has 0 radical (unpaired) electrons. The van der Waals surface area contributed by atoms with Crippen LogP contribution in [0.1, 0.15) is 16.2 Å². The van der Waals surface area contributed by atoms with Crippen LogP contribution in [0.2, 0.25) is 0 Å². The van der Waals surface area contributed by atoms with Crippen LogP contribution in [-0.2, 0) is 7.05 Å². The lowest BCUT2D eigenvalue weighted by atomic mass is 10.2. The minimum absolute atomic E-state index is 0.140. The van der Waals surface area contributed by atoms with Crippen LogP contribution in [-0.4, -0.2) is 26.0 Å². The molecule has 0 amide bonds. The number of hydrogen-bond acceptors (Lipinski definition) is 5. The lowest BCUT2D eigenvalue weighted by Crippen LogP contribution is -2.03. The lowest BCUT2D eigenvalue weighted by molar-refractivity contribution is 0.102. The first-order valence-corrected chi connectivity index (χ1v) is 5.65. The Bertz CT molecular complexity index is 435. The van der Waals surface area contributed by atoms with E-state index in [0.717, 1.165) is 2.88 Å². The predicted octanol–water partition coefficient (Wildman–Crippen LogP) is 1.11. The Morgan fingerprint density at radius 2 is 2.43 bits per heavy atom. The number of carbonyl (C=O) groups excluding carboxylic acids is 1. The van der Waals surface area contributed by atoms with E-state index in [-0.39, 0.29) is 11.6 Å². The average molecular weight is 320 g/mol. The molecule has 14 heavy (non-hydrogen) atoms. The van der Waals surface area contributed by atoms with Gasteiger partial charge >= 0.3 is 0 Å². The number of tetrazole rings is 1. The number of aryl methyl sites for hydroxylation is 1. The Kier molecular flexibility index (Phi) is 2.59. The molecule has 2 aromatic heterocycles. The zero-order valence-corrected chi connectivity index (χ0v) is 10.1. The number of hydrogen-bond donors (Lipinski definition) is 0. The second-order valence-electron chi connectivity index (χ2n) is 2.57. The molecule has 72 valence electrons. The van der Waals surface area contributed by atoms with Gasteiger partial charge in [0.05, 0.1) is 9.93 Å². The molecular weight excluding hydrogens is 315 g/mol. The summed E-state index contributed by atoms with van der Waals surface area (Å²) in [6, 6.07) is 1.81. The summed E-state index contributed by atoms with van der Waals surface area (Å²) in [7, 11) is 1.63. The standard InChI is InChI=1S/C7H5IN4OS/c1-12-10-7(9-11-12)6(13)4-2-5(8)14-3-4/h2-3H,1H3. The molecule has 5 nitrogen and oxygen atoms in total. The predicted molar refractivity (Wildman–Crippen MR) is 59.3 cm³/mol. The third-order valence-corrected chi connectivity index (χ3v) is 3.33. The topological polar surface area (TPSA) is 60.7 Å². The van der Waals surface area contributed by atoms with Crippen molar-refractivity contribution >= 4 is 39.7 Å². The zero-order valence-electron chi connectivity index (χ0n) is 7.14. The van der Waals surface area contributed by atoms with Crippen molar-refractivity contribution in [2.75, 3.05) is 0 Å². The van der Waals surface area contributed by atoms with E-state index in [4.69, 9.17) is 0 Å². The van der Waals surface area contributed by atoms with Gasteiger partial charge in [0.25, 0.3) is 0 Å². The van der Waals surface area contributed by atoms with Crippen LogP contribution >= 0.6 is 33.9 Å². The van der Waals surface area contributed by atoms with E-state index in [1.807, 2.05) is 6.07 Å². The number of rotatable bonds is 2. The van der Waals surface area contributed by atoms with E-state index < -0.39 is 0 Å². The van der Waals surface area contributed by atoms with E-state index in [1.54, 1.807) is 12.4 Å². The molecule has 0 saturated carbocycles. The summed E-state index contributed by atoms with van der Waals surface area (Å²) in [5.41, 5.74) is 0.618. The Morgan fingerprint density at radius 1 is 1.64 bits per heavy atom. The van der Waals surface area contributed by atoms with Crippen LogP contribution in [0.25, 0.3) is 0 Å². The van der Waals surface area contributed by atoms with Crippen molar-refractivity contribution in [2.24, 2.45) is 7.05 Å². The molecular formula is C7H5IN4OS. The zero-order chi connectivity index (χ0) is 10.1. The third kappa shape index (κ3) is 1.82. The van der Waals surface area contributed by atoms with Crippen molar-refractivity contribution in [3.63, 3.8) is 0 Å². The lowest BCUT2D eigenvalue weighted by Gasteiger charge is -1.87. The molecule has 0 saturated heterocycles. The van der Waals surface area contributed by atoms with Crippen molar-refractivity contribution in [3.8, 4) is 0 Å². The van der Waals surface area contributed by atoms with E-state index in [2.05, 4.69) is 38.0 Å². The second kappa shape index (κ2) is 3.73. The summed E-state index contributed by atoms with van der Waals surface area (Å²) >= 11 is 3.68. The molecule has 0 bridgehead atoms. The summed E-state index contributed by atoms with van der Waals surface area (Å²) in [6.07, 6.45) is 0. The number of ketones is 1. The fraction of sp³-hybridized carbons (Fsp3) is 0.143. The molecule has 0 aliphatic rings. The van der Waals surface area contributed by atoms with Crippen molar-refractivity contribution < 1.29 is 4.79 Å². The SMILES string of the molecule is Cn1nnc(C(=O)c2csc(I)c2)n1. The monoisotopic (exact) mass is 320 g/mol. The van der Waals surface area contributed by atoms with Crippen molar-refractivity contribution in [1.29, 1.82) is 0 Å². The van der Waals surface area contributed by atoms with E-state index in [9.17, 15) is 4.79 Å². The van der Waals surface area contributed by atoms with E-state index in [0.29, 0.717) is 5.56 Å². The van der Waals surface area contributed by atoms with Crippen LogP contribution in [0.3, 0.4) is 0 Å².